The second kappa shape index (κ2) is 7.13. The third-order valence-electron chi connectivity index (χ3n) is 2.66. The maximum atomic E-state index is 13.0. The molecule has 0 heterocycles. The second-order valence-corrected chi connectivity index (χ2v) is 6.14. The van der Waals surface area contributed by atoms with E-state index >= 15 is 0 Å². The minimum Gasteiger partial charge on any atom is -0.332 e. The first-order chi connectivity index (χ1) is 10.6. The number of thiocarbonyl (C=S) groups is 1. The van der Waals surface area contributed by atoms with Gasteiger partial charge < -0.3 is 10.6 Å². The van der Waals surface area contributed by atoms with Crippen molar-refractivity contribution in [2.75, 3.05) is 10.6 Å². The average Bonchev–Trinajstić information content (AvgIpc) is 2.38. The lowest BCUT2D eigenvalue weighted by Gasteiger charge is -2.16. The van der Waals surface area contributed by atoms with Gasteiger partial charge in [-0.1, -0.05) is 34.8 Å². The summed E-state index contributed by atoms with van der Waals surface area (Å²) >= 11 is 22.3. The van der Waals surface area contributed by atoms with E-state index in [0.717, 1.165) is 6.07 Å². The van der Waals surface area contributed by atoms with Gasteiger partial charge in [-0.25, -0.2) is 0 Å². The Morgan fingerprint density at radius 3 is 2.04 bits per heavy atom. The number of hydrogen-bond acceptors (Lipinski definition) is 1. The van der Waals surface area contributed by atoms with E-state index in [-0.39, 0.29) is 15.8 Å². The lowest BCUT2D eigenvalue weighted by Crippen LogP contribution is -2.21. The molecule has 0 amide bonds. The third kappa shape index (κ3) is 5.14. The Balaban J connectivity index is 2.20. The highest BCUT2D eigenvalue weighted by Crippen LogP contribution is 2.36. The van der Waals surface area contributed by atoms with Crippen LogP contribution in [-0.4, -0.2) is 5.11 Å². The van der Waals surface area contributed by atoms with E-state index in [1.165, 1.54) is 30.3 Å². The summed E-state index contributed by atoms with van der Waals surface area (Å²) in [5.41, 5.74) is -0.687. The number of alkyl halides is 3. The van der Waals surface area contributed by atoms with E-state index in [4.69, 9.17) is 47.0 Å². The predicted octanol–water partition coefficient (Wildman–Crippen LogP) is 6.47. The molecule has 0 unspecified atom stereocenters. The van der Waals surface area contributed by atoms with Gasteiger partial charge in [0.05, 0.1) is 11.3 Å². The quantitative estimate of drug-likeness (QED) is 0.566. The topological polar surface area (TPSA) is 24.1 Å². The highest BCUT2D eigenvalue weighted by atomic mass is 35.5. The van der Waals surface area contributed by atoms with Crippen LogP contribution in [0.5, 0.6) is 0 Å². The molecule has 0 atom stereocenters. The fourth-order valence-corrected chi connectivity index (χ4v) is 2.70. The van der Waals surface area contributed by atoms with E-state index in [0.29, 0.717) is 15.7 Å². The van der Waals surface area contributed by atoms with Crippen molar-refractivity contribution >= 4 is 63.5 Å². The van der Waals surface area contributed by atoms with Gasteiger partial charge in [0.15, 0.2) is 5.11 Å². The maximum Gasteiger partial charge on any atom is 0.418 e. The van der Waals surface area contributed by atoms with E-state index in [9.17, 15) is 13.2 Å². The van der Waals surface area contributed by atoms with Crippen molar-refractivity contribution in [1.29, 1.82) is 0 Å². The zero-order valence-corrected chi connectivity index (χ0v) is 14.2. The van der Waals surface area contributed by atoms with Crippen LogP contribution >= 0.6 is 47.0 Å². The van der Waals surface area contributed by atoms with Gasteiger partial charge in [0.1, 0.15) is 0 Å². The van der Waals surface area contributed by atoms with E-state index < -0.39 is 11.7 Å². The Morgan fingerprint density at radius 1 is 0.870 bits per heavy atom. The fraction of sp³-hybridized carbons (Fsp3) is 0.0714. The van der Waals surface area contributed by atoms with Gasteiger partial charge in [0.2, 0.25) is 0 Å². The summed E-state index contributed by atoms with van der Waals surface area (Å²) in [5.74, 6) is 0. The summed E-state index contributed by atoms with van der Waals surface area (Å²) in [5, 5.41) is 5.87. The number of benzene rings is 2. The van der Waals surface area contributed by atoms with Crippen molar-refractivity contribution in [3.05, 3.63) is 57.0 Å². The van der Waals surface area contributed by atoms with Gasteiger partial charge in [0, 0.05) is 20.8 Å². The van der Waals surface area contributed by atoms with Crippen molar-refractivity contribution in [3.63, 3.8) is 0 Å². The summed E-state index contributed by atoms with van der Waals surface area (Å²) in [6.07, 6.45) is -4.57. The first kappa shape index (κ1) is 18.1. The molecule has 2 aromatic carbocycles. The van der Waals surface area contributed by atoms with Gasteiger partial charge >= 0.3 is 6.18 Å². The lowest BCUT2D eigenvalue weighted by atomic mass is 10.1. The van der Waals surface area contributed by atoms with E-state index in [1.54, 1.807) is 0 Å². The summed E-state index contributed by atoms with van der Waals surface area (Å²) in [6, 6.07) is 7.94. The van der Waals surface area contributed by atoms with Crippen LogP contribution in [0.3, 0.4) is 0 Å². The summed E-state index contributed by atoms with van der Waals surface area (Å²) < 4.78 is 39.0. The van der Waals surface area contributed by atoms with Crippen molar-refractivity contribution < 1.29 is 13.2 Å². The van der Waals surface area contributed by atoms with Gasteiger partial charge in [-0.2, -0.15) is 13.2 Å². The molecule has 0 aliphatic rings. The highest BCUT2D eigenvalue weighted by Gasteiger charge is 2.34. The smallest absolute Gasteiger partial charge is 0.332 e. The Hall–Kier alpha value is -1.21. The van der Waals surface area contributed by atoms with E-state index in [1.807, 2.05) is 0 Å². The number of anilines is 2. The molecule has 2 N–H and O–H groups in total. The third-order valence-corrected chi connectivity index (χ3v) is 3.53. The van der Waals surface area contributed by atoms with Gasteiger partial charge in [-0.05, 0) is 48.6 Å². The van der Waals surface area contributed by atoms with Crippen LogP contribution < -0.4 is 10.6 Å². The molecule has 0 spiro atoms. The Kier molecular flexibility index (Phi) is 5.62. The molecule has 9 heteroatoms. The minimum atomic E-state index is -4.57. The fourth-order valence-electron chi connectivity index (χ4n) is 1.77. The molecule has 0 aliphatic heterocycles. The van der Waals surface area contributed by atoms with Crippen LogP contribution in [-0.2, 0) is 6.18 Å². The van der Waals surface area contributed by atoms with Crippen molar-refractivity contribution in [1.82, 2.24) is 0 Å². The zero-order valence-electron chi connectivity index (χ0n) is 11.1. The van der Waals surface area contributed by atoms with Crippen LogP contribution in [0.2, 0.25) is 15.1 Å². The normalized spacial score (nSPS) is 11.2. The van der Waals surface area contributed by atoms with Crippen molar-refractivity contribution in [2.45, 2.75) is 6.18 Å². The molecule has 2 aromatic rings. The standard InChI is InChI=1S/C14H8Cl3F3N2S/c15-7-1-2-12(11(6-7)14(18,19)20)22-13(23)21-10-4-8(16)3-9(17)5-10/h1-6H,(H2,21,22,23). The van der Waals surface area contributed by atoms with Crippen LogP contribution in [0.4, 0.5) is 24.5 Å². The SMILES string of the molecule is FC(F)(F)c1cc(Cl)ccc1NC(=S)Nc1cc(Cl)cc(Cl)c1. The minimum absolute atomic E-state index is 0.0247. The Morgan fingerprint density at radius 2 is 1.48 bits per heavy atom. The monoisotopic (exact) mass is 398 g/mol. The maximum absolute atomic E-state index is 13.0. The summed E-state index contributed by atoms with van der Waals surface area (Å²) in [4.78, 5) is 0. The summed E-state index contributed by atoms with van der Waals surface area (Å²) in [7, 11) is 0. The van der Waals surface area contributed by atoms with Crippen LogP contribution in [0, 0.1) is 0 Å². The number of rotatable bonds is 2. The molecule has 0 fully saturated rings. The molecule has 0 radical (unpaired) electrons. The Bertz CT molecular complexity index is 730. The molecule has 0 saturated heterocycles. The molecular weight excluding hydrogens is 392 g/mol. The van der Waals surface area contributed by atoms with Crippen molar-refractivity contribution in [3.8, 4) is 0 Å². The number of nitrogens with one attached hydrogen (secondary N) is 2. The van der Waals surface area contributed by atoms with Crippen molar-refractivity contribution in [2.24, 2.45) is 0 Å². The molecule has 0 aliphatic carbocycles. The summed E-state index contributed by atoms with van der Waals surface area (Å²) in [6.45, 7) is 0. The average molecular weight is 400 g/mol. The molecule has 2 nitrogen and oxygen atoms in total. The molecule has 2 rings (SSSR count). The second-order valence-electron chi connectivity index (χ2n) is 4.42. The molecular formula is C14H8Cl3F3N2S. The molecule has 0 aromatic heterocycles. The first-order valence-corrected chi connectivity index (χ1v) is 7.60. The van der Waals surface area contributed by atoms with Gasteiger partial charge in [0.25, 0.3) is 0 Å². The van der Waals surface area contributed by atoms with Crippen LogP contribution in [0.15, 0.2) is 36.4 Å². The first-order valence-electron chi connectivity index (χ1n) is 6.06. The zero-order chi connectivity index (χ0) is 17.2. The lowest BCUT2D eigenvalue weighted by molar-refractivity contribution is -0.136. The largest absolute Gasteiger partial charge is 0.418 e. The Labute approximate surface area is 150 Å². The van der Waals surface area contributed by atoms with E-state index in [2.05, 4.69) is 10.6 Å². The van der Waals surface area contributed by atoms with Gasteiger partial charge in [-0.15, -0.1) is 0 Å². The molecule has 122 valence electrons. The molecule has 0 bridgehead atoms. The number of halogens is 6. The molecule has 23 heavy (non-hydrogen) atoms. The highest BCUT2D eigenvalue weighted by molar-refractivity contribution is 7.80. The molecule has 0 saturated carbocycles. The predicted molar refractivity (Wildman–Crippen MR) is 92.8 cm³/mol. The number of hydrogen-bond donors (Lipinski definition) is 2. The van der Waals surface area contributed by atoms with Crippen LogP contribution in [0.25, 0.3) is 0 Å². The van der Waals surface area contributed by atoms with Gasteiger partial charge in [-0.3, -0.25) is 0 Å². The van der Waals surface area contributed by atoms with Crippen LogP contribution in [0.1, 0.15) is 5.56 Å².